The fraction of sp³-hybridized carbons (Fsp3) is 0.500. The van der Waals surface area contributed by atoms with Crippen LogP contribution in [0, 0.1) is 11.7 Å². The highest BCUT2D eigenvalue weighted by molar-refractivity contribution is 9.09. The van der Waals surface area contributed by atoms with Gasteiger partial charge < -0.3 is 0 Å². The van der Waals surface area contributed by atoms with Gasteiger partial charge in [0.25, 0.3) is 0 Å². The summed E-state index contributed by atoms with van der Waals surface area (Å²) in [7, 11) is 0. The summed E-state index contributed by atoms with van der Waals surface area (Å²) in [6.07, 6.45) is 1.70. The highest BCUT2D eigenvalue weighted by Crippen LogP contribution is 2.27. The Hall–Kier alpha value is -0.0800. The summed E-state index contributed by atoms with van der Waals surface area (Å²) in [5.41, 5.74) is 0.636. The molecule has 0 fully saturated rings. The van der Waals surface area contributed by atoms with Crippen LogP contribution in [0.4, 0.5) is 4.39 Å². The molecule has 0 heterocycles. The van der Waals surface area contributed by atoms with Gasteiger partial charge in [-0.2, -0.15) is 0 Å². The number of halogens is 3. The van der Waals surface area contributed by atoms with Crippen molar-refractivity contribution >= 4 is 27.5 Å². The summed E-state index contributed by atoms with van der Waals surface area (Å²) in [4.78, 5) is 0.373. The van der Waals surface area contributed by atoms with Crippen molar-refractivity contribution in [1.29, 1.82) is 0 Å². The molecule has 0 radical (unpaired) electrons. The van der Waals surface area contributed by atoms with Crippen molar-refractivity contribution in [1.82, 2.24) is 0 Å². The minimum atomic E-state index is -0.200. The zero-order valence-corrected chi connectivity index (χ0v) is 11.3. The van der Waals surface area contributed by atoms with E-state index < -0.39 is 0 Å². The summed E-state index contributed by atoms with van der Waals surface area (Å²) in [6.45, 7) is 4.19. The molecule has 1 rings (SSSR count). The topological polar surface area (TPSA) is 0 Å². The molecule has 2 unspecified atom stereocenters. The van der Waals surface area contributed by atoms with E-state index in [9.17, 15) is 4.39 Å². The summed E-state index contributed by atoms with van der Waals surface area (Å²) in [6, 6.07) is 4.85. The molecule has 2 atom stereocenters. The number of benzene rings is 1. The molecule has 0 bridgehead atoms. The zero-order valence-electron chi connectivity index (χ0n) is 8.93. The van der Waals surface area contributed by atoms with Crippen molar-refractivity contribution in [2.75, 3.05) is 0 Å². The van der Waals surface area contributed by atoms with Gasteiger partial charge in [0.2, 0.25) is 0 Å². The Morgan fingerprint density at radius 1 is 1.47 bits per heavy atom. The minimum absolute atomic E-state index is 0.200. The normalized spacial score (nSPS) is 15.0. The molecular weight excluding hydrogens is 278 g/mol. The molecule has 0 aliphatic rings. The summed E-state index contributed by atoms with van der Waals surface area (Å²) in [5, 5.41) is 0.529. The van der Waals surface area contributed by atoms with Crippen molar-refractivity contribution < 1.29 is 4.39 Å². The zero-order chi connectivity index (χ0) is 11.4. The molecule has 1 aromatic carbocycles. The Kier molecular flexibility index (Phi) is 5.07. The Morgan fingerprint density at radius 2 is 2.13 bits per heavy atom. The molecule has 3 heteroatoms. The van der Waals surface area contributed by atoms with Crippen LogP contribution in [-0.4, -0.2) is 4.83 Å². The quantitative estimate of drug-likeness (QED) is 0.697. The van der Waals surface area contributed by atoms with Gasteiger partial charge in [-0.25, -0.2) is 4.39 Å². The molecule has 0 aliphatic carbocycles. The first-order valence-corrected chi connectivity index (χ1v) is 6.42. The predicted molar refractivity (Wildman–Crippen MR) is 67.3 cm³/mol. The van der Waals surface area contributed by atoms with E-state index in [2.05, 4.69) is 29.8 Å². The van der Waals surface area contributed by atoms with Crippen molar-refractivity contribution in [3.8, 4) is 0 Å². The Balaban J connectivity index is 2.87. The third-order valence-electron chi connectivity index (χ3n) is 2.70. The molecule has 0 spiro atoms. The van der Waals surface area contributed by atoms with Crippen LogP contribution in [0.2, 0.25) is 5.02 Å². The van der Waals surface area contributed by atoms with Crippen molar-refractivity contribution in [2.45, 2.75) is 31.5 Å². The van der Waals surface area contributed by atoms with E-state index in [0.717, 1.165) is 6.42 Å². The molecule has 0 amide bonds. The van der Waals surface area contributed by atoms with E-state index >= 15 is 0 Å². The van der Waals surface area contributed by atoms with Gasteiger partial charge in [-0.15, -0.1) is 0 Å². The fourth-order valence-electron chi connectivity index (χ4n) is 1.62. The smallest absolute Gasteiger partial charge is 0.127 e. The van der Waals surface area contributed by atoms with Gasteiger partial charge in [0.1, 0.15) is 5.82 Å². The average molecular weight is 294 g/mol. The minimum Gasteiger partial charge on any atom is -0.207 e. The van der Waals surface area contributed by atoms with Crippen molar-refractivity contribution in [3.05, 3.63) is 34.6 Å². The van der Waals surface area contributed by atoms with Crippen molar-refractivity contribution in [3.63, 3.8) is 0 Å². The highest BCUT2D eigenvalue weighted by Gasteiger charge is 2.17. The average Bonchev–Trinajstić information content (AvgIpc) is 2.17. The van der Waals surface area contributed by atoms with Crippen LogP contribution in [-0.2, 0) is 6.42 Å². The largest absolute Gasteiger partial charge is 0.207 e. The maximum Gasteiger partial charge on any atom is 0.127 e. The summed E-state index contributed by atoms with van der Waals surface area (Å²) >= 11 is 9.52. The van der Waals surface area contributed by atoms with Crippen LogP contribution < -0.4 is 0 Å². The first-order chi connectivity index (χ1) is 7.06. The standard InChI is InChI=1S/C12H15BrClF/c1-3-9(8(2)13)7-10-11(14)5-4-6-12(10)15/h4-6,8-9H,3,7H2,1-2H3. The highest BCUT2D eigenvalue weighted by atomic mass is 79.9. The first kappa shape index (κ1) is 13.0. The van der Waals surface area contributed by atoms with E-state index in [1.54, 1.807) is 12.1 Å². The van der Waals surface area contributed by atoms with E-state index in [1.165, 1.54) is 6.07 Å². The third-order valence-corrected chi connectivity index (χ3v) is 3.80. The number of hydrogen-bond acceptors (Lipinski definition) is 0. The van der Waals surface area contributed by atoms with Crippen LogP contribution in [0.5, 0.6) is 0 Å². The van der Waals surface area contributed by atoms with Gasteiger partial charge in [0, 0.05) is 15.4 Å². The monoisotopic (exact) mass is 292 g/mol. The van der Waals surface area contributed by atoms with E-state index in [-0.39, 0.29) is 5.82 Å². The molecule has 1 aromatic rings. The van der Waals surface area contributed by atoms with Gasteiger partial charge in [-0.05, 0) is 24.5 Å². The Bertz CT molecular complexity index is 305. The van der Waals surface area contributed by atoms with Crippen molar-refractivity contribution in [2.24, 2.45) is 5.92 Å². The SMILES string of the molecule is CCC(Cc1c(F)cccc1Cl)C(C)Br. The summed E-state index contributed by atoms with van der Waals surface area (Å²) in [5.74, 6) is 0.216. The third kappa shape index (κ3) is 3.46. The van der Waals surface area contributed by atoms with Crippen LogP contribution in [0.3, 0.4) is 0 Å². The maximum atomic E-state index is 13.5. The lowest BCUT2D eigenvalue weighted by Crippen LogP contribution is -2.14. The Morgan fingerprint density at radius 3 is 2.60 bits per heavy atom. The van der Waals surface area contributed by atoms with Crippen LogP contribution in [0.15, 0.2) is 18.2 Å². The molecule has 0 saturated carbocycles. The molecule has 0 aliphatic heterocycles. The lowest BCUT2D eigenvalue weighted by atomic mass is 9.94. The Labute approximate surface area is 104 Å². The second-order valence-corrected chi connectivity index (χ2v) is 5.60. The first-order valence-electron chi connectivity index (χ1n) is 5.13. The molecular formula is C12H15BrClF. The molecule has 0 nitrogen and oxygen atoms in total. The maximum absolute atomic E-state index is 13.5. The lowest BCUT2D eigenvalue weighted by Gasteiger charge is -2.18. The van der Waals surface area contributed by atoms with Gasteiger partial charge in [-0.3, -0.25) is 0 Å². The van der Waals surface area contributed by atoms with E-state index in [1.807, 2.05) is 0 Å². The van der Waals surface area contributed by atoms with E-state index in [4.69, 9.17) is 11.6 Å². The van der Waals surface area contributed by atoms with Gasteiger partial charge in [-0.1, -0.05) is 53.9 Å². The number of rotatable bonds is 4. The summed E-state index contributed by atoms with van der Waals surface area (Å²) < 4.78 is 13.5. The van der Waals surface area contributed by atoms with Gasteiger partial charge >= 0.3 is 0 Å². The second-order valence-electron chi connectivity index (χ2n) is 3.75. The molecule has 0 N–H and O–H groups in total. The lowest BCUT2D eigenvalue weighted by molar-refractivity contribution is 0.492. The van der Waals surface area contributed by atoms with Gasteiger partial charge in [0.05, 0.1) is 0 Å². The molecule has 84 valence electrons. The van der Waals surface area contributed by atoms with Crippen LogP contribution >= 0.6 is 27.5 Å². The van der Waals surface area contributed by atoms with E-state index in [0.29, 0.717) is 27.8 Å². The number of alkyl halides is 1. The van der Waals surface area contributed by atoms with Crippen LogP contribution in [0.25, 0.3) is 0 Å². The molecule has 15 heavy (non-hydrogen) atoms. The molecule has 0 saturated heterocycles. The predicted octanol–water partition coefficient (Wildman–Crippen LogP) is 4.83. The van der Waals surface area contributed by atoms with Crippen LogP contribution in [0.1, 0.15) is 25.8 Å². The number of hydrogen-bond donors (Lipinski definition) is 0. The second kappa shape index (κ2) is 5.86. The fourth-order valence-corrected chi connectivity index (χ4v) is 2.42. The molecule has 0 aromatic heterocycles. The van der Waals surface area contributed by atoms with Gasteiger partial charge in [0.15, 0.2) is 0 Å².